The topological polar surface area (TPSA) is 150 Å². The molecule has 0 saturated carbocycles. The Morgan fingerprint density at radius 3 is 2.33 bits per heavy atom. The van der Waals surface area contributed by atoms with Crippen LogP contribution in [-0.2, 0) is 50.1 Å². The number of nitrogens with zero attached hydrogens (tertiary/aromatic N) is 1. The fourth-order valence-corrected chi connectivity index (χ4v) is 6.27. The van der Waals surface area contributed by atoms with Crippen molar-refractivity contribution in [1.82, 2.24) is 15.6 Å². The quantitative estimate of drug-likeness (QED) is 0.172. The summed E-state index contributed by atoms with van der Waals surface area (Å²) in [5.41, 5.74) is 9.43. The molecule has 3 rings (SSSR count). The van der Waals surface area contributed by atoms with Gasteiger partial charge in [-0.05, 0) is 65.8 Å². The number of nitrogens with one attached hydrogen (secondary N) is 2. The summed E-state index contributed by atoms with van der Waals surface area (Å²) in [5.74, 6) is -3.51. The van der Waals surface area contributed by atoms with Gasteiger partial charge in [-0.2, -0.15) is 0 Å². The second kappa shape index (κ2) is 18.3. The van der Waals surface area contributed by atoms with E-state index >= 15 is 0 Å². The number of hydrogen-bond donors (Lipinski definition) is 3. The maximum atomic E-state index is 13.9. The lowest BCUT2D eigenvalue weighted by molar-refractivity contribution is -0.151. The summed E-state index contributed by atoms with van der Waals surface area (Å²) in [6, 6.07) is 11.6. The van der Waals surface area contributed by atoms with Crippen LogP contribution in [0.25, 0.3) is 0 Å². The van der Waals surface area contributed by atoms with Gasteiger partial charge in [0.1, 0.15) is 30.4 Å². The molecule has 0 fully saturated rings. The average molecular weight is 661 g/mol. The first-order chi connectivity index (χ1) is 22.0. The maximum Gasteiger partial charge on any atom is 0.408 e. The molecule has 0 aliphatic heterocycles. The number of aromatic nitrogens is 1. The van der Waals surface area contributed by atoms with Crippen LogP contribution in [0.15, 0.2) is 67.0 Å². The molecular formula is C33H42F2N4O6S. The van der Waals surface area contributed by atoms with E-state index in [-0.39, 0.29) is 30.9 Å². The molecule has 4 N–H and O–H groups in total. The van der Waals surface area contributed by atoms with Gasteiger partial charge in [-0.15, -0.1) is 0 Å². The van der Waals surface area contributed by atoms with E-state index < -0.39 is 57.5 Å². The van der Waals surface area contributed by atoms with Gasteiger partial charge in [-0.3, -0.25) is 4.98 Å². The molecule has 1 heterocycles. The standard InChI is InChI=1S/C33H42F2N4O6S/c1-3-5-13-46(42,43)22-30(39-33(41)44-21-24-9-11-37-12-10-24)32(40)45-31(20-38-19-25-8-6-7-23(4-2)14-25)29(36)17-26-15-27(34)18-28(35)16-26/h6-12,14-16,18,29-31,38H,3-5,13,17,19-22,36H2,1-2H3,(H,39,41)/t29-,30+,31+/m0/s1. The number of hydrogen-bond acceptors (Lipinski definition) is 9. The highest BCUT2D eigenvalue weighted by atomic mass is 32.2. The zero-order valence-electron chi connectivity index (χ0n) is 26.1. The number of amides is 1. The van der Waals surface area contributed by atoms with Crippen molar-refractivity contribution in [1.29, 1.82) is 0 Å². The molecule has 1 aromatic heterocycles. The first-order valence-electron chi connectivity index (χ1n) is 15.2. The molecule has 250 valence electrons. The molecule has 3 atom stereocenters. The van der Waals surface area contributed by atoms with Crippen molar-refractivity contribution in [2.75, 3.05) is 18.1 Å². The third-order valence-corrected chi connectivity index (χ3v) is 8.89. The number of pyridine rings is 1. The molecule has 0 saturated heterocycles. The lowest BCUT2D eigenvalue weighted by Gasteiger charge is -2.27. The lowest BCUT2D eigenvalue weighted by atomic mass is 10.0. The number of rotatable bonds is 18. The third kappa shape index (κ3) is 12.8. The minimum absolute atomic E-state index is 0.0306. The number of carbonyl (C=O) groups excluding carboxylic acids is 2. The van der Waals surface area contributed by atoms with Gasteiger partial charge in [0.15, 0.2) is 9.84 Å². The van der Waals surface area contributed by atoms with Gasteiger partial charge in [-0.25, -0.2) is 26.8 Å². The van der Waals surface area contributed by atoms with E-state index in [1.807, 2.05) is 38.1 Å². The van der Waals surface area contributed by atoms with Crippen molar-refractivity contribution >= 4 is 21.9 Å². The Morgan fingerprint density at radius 2 is 1.65 bits per heavy atom. The van der Waals surface area contributed by atoms with Gasteiger partial charge < -0.3 is 25.8 Å². The predicted molar refractivity (Wildman–Crippen MR) is 170 cm³/mol. The normalized spacial score (nSPS) is 13.4. The highest BCUT2D eigenvalue weighted by Gasteiger charge is 2.32. The molecule has 0 aliphatic rings. The van der Waals surface area contributed by atoms with Crippen LogP contribution < -0.4 is 16.4 Å². The van der Waals surface area contributed by atoms with Gasteiger partial charge in [0.25, 0.3) is 0 Å². The van der Waals surface area contributed by atoms with E-state index in [1.165, 1.54) is 12.4 Å². The van der Waals surface area contributed by atoms with Gasteiger partial charge in [0.05, 0.1) is 11.5 Å². The van der Waals surface area contributed by atoms with Crippen LogP contribution in [0, 0.1) is 11.6 Å². The van der Waals surface area contributed by atoms with Crippen molar-refractivity contribution in [2.24, 2.45) is 5.73 Å². The number of ether oxygens (including phenoxy) is 2. The molecule has 1 amide bonds. The van der Waals surface area contributed by atoms with Crippen LogP contribution in [0.5, 0.6) is 0 Å². The molecule has 0 unspecified atom stereocenters. The molecular weight excluding hydrogens is 618 g/mol. The van der Waals surface area contributed by atoms with Crippen LogP contribution in [0.2, 0.25) is 0 Å². The Bertz CT molecular complexity index is 1510. The van der Waals surface area contributed by atoms with Crippen LogP contribution >= 0.6 is 0 Å². The minimum Gasteiger partial charge on any atom is -0.458 e. The maximum absolute atomic E-state index is 13.9. The van der Waals surface area contributed by atoms with Crippen molar-refractivity contribution in [3.8, 4) is 0 Å². The molecule has 46 heavy (non-hydrogen) atoms. The predicted octanol–water partition coefficient (Wildman–Crippen LogP) is 4.00. The molecule has 0 bridgehead atoms. The fourth-order valence-electron chi connectivity index (χ4n) is 4.64. The molecule has 10 nitrogen and oxygen atoms in total. The number of carbonyl (C=O) groups is 2. The van der Waals surface area contributed by atoms with Crippen molar-refractivity contribution in [3.63, 3.8) is 0 Å². The molecule has 0 aliphatic carbocycles. The number of esters is 1. The Balaban J connectivity index is 1.78. The summed E-state index contributed by atoms with van der Waals surface area (Å²) < 4.78 is 64.5. The summed E-state index contributed by atoms with van der Waals surface area (Å²) in [5, 5.41) is 5.53. The summed E-state index contributed by atoms with van der Waals surface area (Å²) in [7, 11) is -3.78. The SMILES string of the molecule is CCCCS(=O)(=O)C[C@@H](NC(=O)OCc1ccncc1)C(=O)O[C@H](CNCc1cccc(CC)c1)[C@@H](N)Cc1cc(F)cc(F)c1. The fraction of sp³-hybridized carbons (Fsp3) is 0.424. The van der Waals surface area contributed by atoms with E-state index in [2.05, 4.69) is 15.6 Å². The second-order valence-corrected chi connectivity index (χ2v) is 13.3. The number of unbranched alkanes of at least 4 members (excludes halogenated alkanes) is 1. The van der Waals surface area contributed by atoms with E-state index in [1.54, 1.807) is 12.1 Å². The number of aryl methyl sites for hydroxylation is 1. The highest BCUT2D eigenvalue weighted by Crippen LogP contribution is 2.14. The Kier molecular flexibility index (Phi) is 14.5. The van der Waals surface area contributed by atoms with E-state index in [9.17, 15) is 26.8 Å². The van der Waals surface area contributed by atoms with Crippen LogP contribution in [0.1, 0.15) is 48.9 Å². The summed E-state index contributed by atoms with van der Waals surface area (Å²) in [4.78, 5) is 30.1. The number of nitrogens with two attached hydrogens (primary N) is 1. The van der Waals surface area contributed by atoms with Gasteiger partial charge in [-0.1, -0.05) is 44.5 Å². The van der Waals surface area contributed by atoms with Crippen LogP contribution in [0.4, 0.5) is 13.6 Å². The lowest BCUT2D eigenvalue weighted by Crippen LogP contribution is -2.52. The molecule has 0 radical (unpaired) electrons. The molecule has 3 aromatic rings. The average Bonchev–Trinajstić information content (AvgIpc) is 3.02. The first kappa shape index (κ1) is 36.5. The zero-order chi connectivity index (χ0) is 33.5. The first-order valence-corrected chi connectivity index (χ1v) is 17.0. The number of halogens is 2. The Labute approximate surface area is 269 Å². The number of alkyl carbamates (subject to hydrolysis) is 1. The Morgan fingerprint density at radius 1 is 0.957 bits per heavy atom. The number of sulfone groups is 1. The van der Waals surface area contributed by atoms with Gasteiger partial charge in [0, 0.05) is 37.6 Å². The summed E-state index contributed by atoms with van der Waals surface area (Å²) in [6.45, 7) is 4.16. The van der Waals surface area contributed by atoms with Gasteiger partial charge >= 0.3 is 12.1 Å². The Hall–Kier alpha value is -3.94. The van der Waals surface area contributed by atoms with Gasteiger partial charge in [0.2, 0.25) is 0 Å². The minimum atomic E-state index is -3.78. The summed E-state index contributed by atoms with van der Waals surface area (Å²) in [6.07, 6.45) is 2.74. The number of benzene rings is 2. The van der Waals surface area contributed by atoms with Crippen LogP contribution in [0.3, 0.4) is 0 Å². The summed E-state index contributed by atoms with van der Waals surface area (Å²) >= 11 is 0. The molecule has 2 aromatic carbocycles. The van der Waals surface area contributed by atoms with E-state index in [0.29, 0.717) is 24.9 Å². The van der Waals surface area contributed by atoms with Crippen LogP contribution in [-0.4, -0.2) is 61.7 Å². The second-order valence-electron chi connectivity index (χ2n) is 11.0. The van der Waals surface area contributed by atoms with Crippen molar-refractivity contribution in [3.05, 3.63) is 101 Å². The van der Waals surface area contributed by atoms with Crippen molar-refractivity contribution < 1.29 is 36.3 Å². The zero-order valence-corrected chi connectivity index (χ0v) is 26.9. The van der Waals surface area contributed by atoms with E-state index in [0.717, 1.165) is 35.7 Å². The smallest absolute Gasteiger partial charge is 0.408 e. The highest BCUT2D eigenvalue weighted by molar-refractivity contribution is 7.91. The van der Waals surface area contributed by atoms with Crippen molar-refractivity contribution in [2.45, 2.75) is 70.9 Å². The third-order valence-electron chi connectivity index (χ3n) is 7.14. The molecule has 0 spiro atoms. The van der Waals surface area contributed by atoms with E-state index in [4.69, 9.17) is 15.2 Å². The largest absolute Gasteiger partial charge is 0.458 e. The molecule has 13 heteroatoms. The monoisotopic (exact) mass is 660 g/mol.